The zero-order chi connectivity index (χ0) is 18.3. The van der Waals surface area contributed by atoms with E-state index in [-0.39, 0.29) is 10.8 Å². The summed E-state index contributed by atoms with van der Waals surface area (Å²) in [6, 6.07) is 6.91. The molecule has 1 saturated carbocycles. The van der Waals surface area contributed by atoms with Crippen molar-refractivity contribution in [3.63, 3.8) is 0 Å². The Morgan fingerprint density at radius 3 is 2.44 bits per heavy atom. The van der Waals surface area contributed by atoms with Crippen LogP contribution in [-0.4, -0.2) is 45.3 Å². The molecule has 0 spiro atoms. The molecule has 1 amide bonds. The van der Waals surface area contributed by atoms with E-state index in [1.165, 1.54) is 71.2 Å². The predicted molar refractivity (Wildman–Crippen MR) is 98.8 cm³/mol. The molecular weight excluding hydrogens is 338 g/mol. The Morgan fingerprint density at radius 2 is 1.80 bits per heavy atom. The summed E-state index contributed by atoms with van der Waals surface area (Å²) in [5.41, 5.74) is 0.513. The SMILES string of the molecule is CN(C)S(=O)(=O)c1cccc(NC(=O)C[NH2+]C2CCCCCCC2)c1. The number of anilines is 1. The number of carbonyl (C=O) groups is 1. The van der Waals surface area contributed by atoms with Crippen molar-refractivity contribution in [1.82, 2.24) is 4.31 Å². The molecule has 0 bridgehead atoms. The molecule has 1 aromatic rings. The Labute approximate surface area is 151 Å². The minimum atomic E-state index is -3.50. The van der Waals surface area contributed by atoms with Gasteiger partial charge in [0.15, 0.2) is 6.54 Å². The van der Waals surface area contributed by atoms with Crippen molar-refractivity contribution in [3.8, 4) is 0 Å². The van der Waals surface area contributed by atoms with E-state index in [1.54, 1.807) is 12.1 Å². The molecule has 0 saturated heterocycles. The highest BCUT2D eigenvalue weighted by molar-refractivity contribution is 7.89. The first-order valence-corrected chi connectivity index (χ1v) is 10.5. The number of amides is 1. The van der Waals surface area contributed by atoms with E-state index in [9.17, 15) is 13.2 Å². The Morgan fingerprint density at radius 1 is 1.16 bits per heavy atom. The molecule has 6 nitrogen and oxygen atoms in total. The number of quaternary nitrogens is 1. The first-order chi connectivity index (χ1) is 11.9. The van der Waals surface area contributed by atoms with Gasteiger partial charge < -0.3 is 10.6 Å². The minimum absolute atomic E-state index is 0.0959. The average Bonchev–Trinajstić information content (AvgIpc) is 2.54. The molecule has 140 valence electrons. The lowest BCUT2D eigenvalue weighted by Gasteiger charge is -2.18. The van der Waals surface area contributed by atoms with E-state index in [4.69, 9.17) is 0 Å². The monoisotopic (exact) mass is 368 g/mol. The Bertz CT molecular complexity index is 666. The van der Waals surface area contributed by atoms with Gasteiger partial charge in [0, 0.05) is 19.8 Å². The maximum Gasteiger partial charge on any atom is 0.279 e. The topological polar surface area (TPSA) is 83.1 Å². The lowest BCUT2D eigenvalue weighted by Crippen LogP contribution is -2.91. The van der Waals surface area contributed by atoms with E-state index in [0.717, 1.165) is 4.31 Å². The molecule has 25 heavy (non-hydrogen) atoms. The Hall–Kier alpha value is -1.44. The van der Waals surface area contributed by atoms with Crippen LogP contribution < -0.4 is 10.6 Å². The number of hydrogen-bond donors (Lipinski definition) is 2. The summed E-state index contributed by atoms with van der Waals surface area (Å²) in [5, 5.41) is 4.93. The number of rotatable bonds is 6. The normalized spacial score (nSPS) is 17.1. The molecule has 7 heteroatoms. The summed E-state index contributed by atoms with van der Waals surface area (Å²) < 4.78 is 25.5. The molecule has 0 aromatic heterocycles. The first kappa shape index (κ1) is 19.9. The van der Waals surface area contributed by atoms with Crippen molar-refractivity contribution >= 4 is 21.6 Å². The molecule has 1 aromatic carbocycles. The highest BCUT2D eigenvalue weighted by Crippen LogP contribution is 2.18. The van der Waals surface area contributed by atoms with E-state index in [1.807, 2.05) is 0 Å². The van der Waals surface area contributed by atoms with Gasteiger partial charge in [-0.2, -0.15) is 0 Å². The van der Waals surface area contributed by atoms with Crippen molar-refractivity contribution < 1.29 is 18.5 Å². The zero-order valence-corrected chi connectivity index (χ0v) is 16.0. The van der Waals surface area contributed by atoms with Crippen LogP contribution in [0.4, 0.5) is 5.69 Å². The van der Waals surface area contributed by atoms with Crippen molar-refractivity contribution in [2.75, 3.05) is 26.0 Å². The smallest absolute Gasteiger partial charge is 0.279 e. The molecule has 0 aliphatic heterocycles. The number of benzene rings is 1. The fraction of sp³-hybridized carbons (Fsp3) is 0.611. The number of nitrogens with zero attached hydrogens (tertiary/aromatic N) is 1. The summed E-state index contributed by atoms with van der Waals surface area (Å²) in [4.78, 5) is 12.4. The van der Waals surface area contributed by atoms with Gasteiger partial charge >= 0.3 is 0 Å². The lowest BCUT2D eigenvalue weighted by atomic mass is 9.97. The fourth-order valence-corrected chi connectivity index (χ4v) is 4.10. The van der Waals surface area contributed by atoms with Crippen molar-refractivity contribution in [3.05, 3.63) is 24.3 Å². The van der Waals surface area contributed by atoms with Crippen LogP contribution in [-0.2, 0) is 14.8 Å². The summed E-state index contributed by atoms with van der Waals surface area (Å²) in [7, 11) is -0.517. The van der Waals surface area contributed by atoms with Crippen LogP contribution in [0.1, 0.15) is 44.9 Å². The first-order valence-electron chi connectivity index (χ1n) is 9.05. The summed E-state index contributed by atoms with van der Waals surface area (Å²) >= 11 is 0. The lowest BCUT2D eigenvalue weighted by molar-refractivity contribution is -0.680. The van der Waals surface area contributed by atoms with E-state index >= 15 is 0 Å². The fourth-order valence-electron chi connectivity index (χ4n) is 3.15. The van der Waals surface area contributed by atoms with Crippen LogP contribution in [0, 0.1) is 0 Å². The molecule has 3 N–H and O–H groups in total. The van der Waals surface area contributed by atoms with Crippen LogP contribution in [0.25, 0.3) is 0 Å². The number of carbonyl (C=O) groups excluding carboxylic acids is 1. The van der Waals surface area contributed by atoms with Crippen LogP contribution >= 0.6 is 0 Å². The summed E-state index contributed by atoms with van der Waals surface area (Å²) in [6.07, 6.45) is 8.75. The van der Waals surface area contributed by atoms with Crippen LogP contribution in [0.5, 0.6) is 0 Å². The summed E-state index contributed by atoms with van der Waals surface area (Å²) in [5.74, 6) is -0.0959. The third-order valence-corrected chi connectivity index (χ3v) is 6.49. The van der Waals surface area contributed by atoms with Crippen molar-refractivity contribution in [2.45, 2.75) is 55.9 Å². The molecule has 1 fully saturated rings. The maximum atomic E-state index is 12.2. The molecular formula is C18H30N3O3S+. The highest BCUT2D eigenvalue weighted by atomic mass is 32.2. The minimum Gasteiger partial charge on any atom is -0.336 e. The number of sulfonamides is 1. The molecule has 0 heterocycles. The quantitative estimate of drug-likeness (QED) is 0.799. The van der Waals surface area contributed by atoms with Gasteiger partial charge in [0.25, 0.3) is 5.91 Å². The highest BCUT2D eigenvalue weighted by Gasteiger charge is 2.19. The van der Waals surface area contributed by atoms with Gasteiger partial charge in [-0.1, -0.05) is 25.3 Å². The van der Waals surface area contributed by atoms with Gasteiger partial charge in [0.05, 0.1) is 10.9 Å². The third-order valence-electron chi connectivity index (χ3n) is 4.68. The number of nitrogens with two attached hydrogens (primary N) is 1. The second kappa shape index (κ2) is 9.31. The van der Waals surface area contributed by atoms with Gasteiger partial charge in [-0.05, 0) is 43.9 Å². The van der Waals surface area contributed by atoms with Crippen molar-refractivity contribution in [1.29, 1.82) is 0 Å². The van der Waals surface area contributed by atoms with Crippen LogP contribution in [0.2, 0.25) is 0 Å². The van der Waals surface area contributed by atoms with Gasteiger partial charge in [0.1, 0.15) is 0 Å². The molecule has 2 rings (SSSR count). The molecule has 0 atom stereocenters. The largest absolute Gasteiger partial charge is 0.336 e. The number of nitrogens with one attached hydrogen (secondary N) is 1. The van der Waals surface area contributed by atoms with E-state index < -0.39 is 10.0 Å². The van der Waals surface area contributed by atoms with Gasteiger partial charge in [0.2, 0.25) is 10.0 Å². The summed E-state index contributed by atoms with van der Waals surface area (Å²) in [6.45, 7) is 0.370. The Balaban J connectivity index is 1.90. The zero-order valence-electron chi connectivity index (χ0n) is 15.2. The Kier molecular flexibility index (Phi) is 7.40. The van der Waals surface area contributed by atoms with Crippen LogP contribution in [0.3, 0.4) is 0 Å². The third kappa shape index (κ3) is 6.09. The van der Waals surface area contributed by atoms with E-state index in [2.05, 4.69) is 10.6 Å². The second-order valence-electron chi connectivity index (χ2n) is 6.91. The number of hydrogen-bond acceptors (Lipinski definition) is 3. The van der Waals surface area contributed by atoms with Gasteiger partial charge in [-0.15, -0.1) is 0 Å². The van der Waals surface area contributed by atoms with E-state index in [0.29, 0.717) is 18.3 Å². The second-order valence-corrected chi connectivity index (χ2v) is 9.06. The molecule has 0 radical (unpaired) electrons. The maximum absolute atomic E-state index is 12.2. The molecule has 0 unspecified atom stereocenters. The van der Waals surface area contributed by atoms with Gasteiger partial charge in [-0.3, -0.25) is 4.79 Å². The van der Waals surface area contributed by atoms with Crippen molar-refractivity contribution in [2.24, 2.45) is 0 Å². The van der Waals surface area contributed by atoms with Crippen LogP contribution in [0.15, 0.2) is 29.2 Å². The standard InChI is InChI=1S/C18H29N3O3S/c1-21(2)25(23,24)17-12-8-11-16(13-17)20-18(22)14-19-15-9-6-4-3-5-7-10-15/h8,11-13,15,19H,3-7,9-10,14H2,1-2H3,(H,20,22)/p+1. The van der Waals surface area contributed by atoms with Gasteiger partial charge in [-0.25, -0.2) is 12.7 Å². The molecule has 1 aliphatic rings. The average molecular weight is 369 g/mol. The predicted octanol–water partition coefficient (Wildman–Crippen LogP) is 1.55. The molecule has 1 aliphatic carbocycles.